The number of carbonyl (C=O) groups excluding carboxylic acids is 1. The van der Waals surface area contributed by atoms with Crippen molar-refractivity contribution in [2.45, 2.75) is 26.2 Å². The van der Waals surface area contributed by atoms with Gasteiger partial charge in [0, 0.05) is 29.8 Å². The standard InChI is InChI=1S/C24H25N3O3/c1-17-18(15-27(26-17)20-8-4-3-5-9-20)7-6-12-25-24(28)13-19-16-30-23-14-21(29-2)10-11-22(19)23/h3-5,8-11,14-16H,6-7,12-13H2,1-2H3,(H,25,28). The number of rotatable bonds is 8. The van der Waals surface area contributed by atoms with E-state index in [2.05, 4.69) is 16.6 Å². The van der Waals surface area contributed by atoms with E-state index in [9.17, 15) is 4.79 Å². The zero-order valence-electron chi connectivity index (χ0n) is 17.2. The van der Waals surface area contributed by atoms with Crippen LogP contribution in [0.25, 0.3) is 16.7 Å². The molecule has 6 heteroatoms. The van der Waals surface area contributed by atoms with E-state index >= 15 is 0 Å². The topological polar surface area (TPSA) is 69.3 Å². The summed E-state index contributed by atoms with van der Waals surface area (Å²) in [5, 5.41) is 8.54. The lowest BCUT2D eigenvalue weighted by Gasteiger charge is -2.04. The minimum atomic E-state index is -0.00905. The first kappa shape index (κ1) is 19.8. The predicted octanol–water partition coefficient (Wildman–Crippen LogP) is 4.23. The van der Waals surface area contributed by atoms with Gasteiger partial charge in [-0.3, -0.25) is 4.79 Å². The zero-order valence-corrected chi connectivity index (χ0v) is 17.2. The Labute approximate surface area is 175 Å². The maximum atomic E-state index is 12.4. The van der Waals surface area contributed by atoms with Gasteiger partial charge >= 0.3 is 0 Å². The lowest BCUT2D eigenvalue weighted by Crippen LogP contribution is -2.26. The van der Waals surface area contributed by atoms with E-state index in [-0.39, 0.29) is 5.91 Å². The molecule has 2 aromatic carbocycles. The average Bonchev–Trinajstić information content (AvgIpc) is 3.34. The summed E-state index contributed by atoms with van der Waals surface area (Å²) in [5.41, 5.74) is 4.87. The number of nitrogens with one attached hydrogen (secondary N) is 1. The number of benzene rings is 2. The number of amides is 1. The molecule has 0 spiro atoms. The number of methoxy groups -OCH3 is 1. The molecule has 4 rings (SSSR count). The van der Waals surface area contributed by atoms with Crippen molar-refractivity contribution in [2.75, 3.05) is 13.7 Å². The number of ether oxygens (including phenoxy) is 1. The van der Waals surface area contributed by atoms with Crippen molar-refractivity contribution in [3.05, 3.63) is 77.8 Å². The SMILES string of the molecule is COc1ccc2c(CC(=O)NCCCc3cn(-c4ccccc4)nc3C)coc2c1. The molecule has 2 heterocycles. The Balaban J connectivity index is 1.28. The van der Waals surface area contributed by atoms with Gasteiger partial charge in [-0.1, -0.05) is 18.2 Å². The van der Waals surface area contributed by atoms with Gasteiger partial charge in [-0.05, 0) is 49.6 Å². The van der Waals surface area contributed by atoms with Crippen molar-refractivity contribution < 1.29 is 13.9 Å². The van der Waals surface area contributed by atoms with Gasteiger partial charge in [0.2, 0.25) is 5.91 Å². The second-order valence-corrected chi connectivity index (χ2v) is 7.27. The van der Waals surface area contributed by atoms with Crippen LogP contribution in [0.4, 0.5) is 0 Å². The first-order chi connectivity index (χ1) is 14.6. The first-order valence-corrected chi connectivity index (χ1v) is 10.1. The largest absolute Gasteiger partial charge is 0.497 e. The van der Waals surface area contributed by atoms with Crippen LogP contribution >= 0.6 is 0 Å². The fourth-order valence-electron chi connectivity index (χ4n) is 3.52. The quantitative estimate of drug-likeness (QED) is 0.447. The molecule has 6 nitrogen and oxygen atoms in total. The Morgan fingerprint density at radius 1 is 1.17 bits per heavy atom. The fraction of sp³-hybridized carbons (Fsp3) is 0.250. The van der Waals surface area contributed by atoms with Crippen LogP contribution in [0, 0.1) is 6.92 Å². The van der Waals surface area contributed by atoms with Crippen LogP contribution in [0.2, 0.25) is 0 Å². The number of hydrogen-bond donors (Lipinski definition) is 1. The van der Waals surface area contributed by atoms with Gasteiger partial charge in [0.1, 0.15) is 11.3 Å². The predicted molar refractivity (Wildman–Crippen MR) is 116 cm³/mol. The van der Waals surface area contributed by atoms with Gasteiger partial charge in [-0.2, -0.15) is 5.10 Å². The summed E-state index contributed by atoms with van der Waals surface area (Å²) in [4.78, 5) is 12.4. The summed E-state index contributed by atoms with van der Waals surface area (Å²) in [5.74, 6) is 0.726. The molecule has 0 fully saturated rings. The summed E-state index contributed by atoms with van der Waals surface area (Å²) >= 11 is 0. The van der Waals surface area contributed by atoms with Crippen molar-refractivity contribution >= 4 is 16.9 Å². The van der Waals surface area contributed by atoms with E-state index in [0.717, 1.165) is 46.5 Å². The number of nitrogens with zero attached hydrogens (tertiary/aromatic N) is 2. The first-order valence-electron chi connectivity index (χ1n) is 10.1. The van der Waals surface area contributed by atoms with E-state index in [1.807, 2.05) is 60.1 Å². The van der Waals surface area contributed by atoms with E-state index in [1.165, 1.54) is 5.56 Å². The van der Waals surface area contributed by atoms with Gasteiger partial charge in [0.05, 0.1) is 31.2 Å². The molecule has 0 saturated heterocycles. The molecule has 0 saturated carbocycles. The minimum Gasteiger partial charge on any atom is -0.497 e. The molecule has 2 aromatic heterocycles. The number of hydrogen-bond acceptors (Lipinski definition) is 4. The monoisotopic (exact) mass is 403 g/mol. The lowest BCUT2D eigenvalue weighted by atomic mass is 10.1. The molecule has 0 unspecified atom stereocenters. The highest BCUT2D eigenvalue weighted by Crippen LogP contribution is 2.25. The van der Waals surface area contributed by atoms with Gasteiger partial charge in [0.25, 0.3) is 0 Å². The third-order valence-electron chi connectivity index (χ3n) is 5.18. The average molecular weight is 403 g/mol. The molecule has 0 atom stereocenters. The third-order valence-corrected chi connectivity index (χ3v) is 5.18. The highest BCUT2D eigenvalue weighted by molar-refractivity contribution is 5.88. The summed E-state index contributed by atoms with van der Waals surface area (Å²) in [6.07, 6.45) is 5.73. The Kier molecular flexibility index (Phi) is 5.84. The third kappa shape index (κ3) is 4.38. The van der Waals surface area contributed by atoms with Crippen molar-refractivity contribution in [3.8, 4) is 11.4 Å². The smallest absolute Gasteiger partial charge is 0.224 e. The Morgan fingerprint density at radius 3 is 2.80 bits per heavy atom. The van der Waals surface area contributed by atoms with Gasteiger partial charge in [-0.15, -0.1) is 0 Å². The maximum Gasteiger partial charge on any atom is 0.224 e. The minimum absolute atomic E-state index is 0.00905. The Morgan fingerprint density at radius 2 is 2.00 bits per heavy atom. The Hall–Kier alpha value is -3.54. The second-order valence-electron chi connectivity index (χ2n) is 7.27. The van der Waals surface area contributed by atoms with E-state index in [4.69, 9.17) is 9.15 Å². The van der Waals surface area contributed by atoms with E-state index in [0.29, 0.717) is 13.0 Å². The van der Waals surface area contributed by atoms with Crippen molar-refractivity contribution in [3.63, 3.8) is 0 Å². The summed E-state index contributed by atoms with van der Waals surface area (Å²) < 4.78 is 12.7. The van der Waals surface area contributed by atoms with Crippen LogP contribution in [0.5, 0.6) is 5.75 Å². The molecule has 0 bridgehead atoms. The Bertz CT molecular complexity index is 1150. The molecule has 0 aliphatic heterocycles. The lowest BCUT2D eigenvalue weighted by molar-refractivity contribution is -0.120. The second kappa shape index (κ2) is 8.86. The number of fused-ring (bicyclic) bond motifs is 1. The van der Waals surface area contributed by atoms with Gasteiger partial charge < -0.3 is 14.5 Å². The van der Waals surface area contributed by atoms with Crippen LogP contribution in [-0.2, 0) is 17.6 Å². The molecule has 4 aromatic rings. The number of aryl methyl sites for hydroxylation is 2. The molecule has 0 aliphatic rings. The zero-order chi connectivity index (χ0) is 20.9. The highest BCUT2D eigenvalue weighted by atomic mass is 16.5. The molecule has 154 valence electrons. The summed E-state index contributed by atoms with van der Waals surface area (Å²) in [6, 6.07) is 15.7. The van der Waals surface area contributed by atoms with Crippen molar-refractivity contribution in [1.82, 2.24) is 15.1 Å². The fourth-order valence-corrected chi connectivity index (χ4v) is 3.52. The summed E-state index contributed by atoms with van der Waals surface area (Å²) in [6.45, 7) is 2.64. The molecule has 0 radical (unpaired) electrons. The number of para-hydroxylation sites is 1. The normalized spacial score (nSPS) is 11.0. The van der Waals surface area contributed by atoms with Crippen LogP contribution in [0.15, 0.2) is 65.4 Å². The molecular weight excluding hydrogens is 378 g/mol. The molecular formula is C24H25N3O3. The van der Waals surface area contributed by atoms with Crippen LogP contribution in [0.1, 0.15) is 23.2 Å². The van der Waals surface area contributed by atoms with E-state index < -0.39 is 0 Å². The number of carbonyl (C=O) groups is 1. The van der Waals surface area contributed by atoms with Crippen LogP contribution in [0.3, 0.4) is 0 Å². The van der Waals surface area contributed by atoms with Gasteiger partial charge in [0.15, 0.2) is 0 Å². The van der Waals surface area contributed by atoms with E-state index in [1.54, 1.807) is 13.4 Å². The highest BCUT2D eigenvalue weighted by Gasteiger charge is 2.11. The summed E-state index contributed by atoms with van der Waals surface area (Å²) in [7, 11) is 1.62. The van der Waals surface area contributed by atoms with Crippen molar-refractivity contribution in [1.29, 1.82) is 0 Å². The number of furan rings is 1. The molecule has 30 heavy (non-hydrogen) atoms. The van der Waals surface area contributed by atoms with Gasteiger partial charge in [-0.25, -0.2) is 4.68 Å². The maximum absolute atomic E-state index is 12.4. The van der Waals surface area contributed by atoms with Crippen molar-refractivity contribution in [2.24, 2.45) is 0 Å². The molecule has 1 amide bonds. The van der Waals surface area contributed by atoms with Crippen LogP contribution in [-0.4, -0.2) is 29.3 Å². The molecule has 0 aliphatic carbocycles. The van der Waals surface area contributed by atoms with Crippen LogP contribution < -0.4 is 10.1 Å². The molecule has 1 N–H and O–H groups in total. The number of aromatic nitrogens is 2.